The Balaban J connectivity index is 1.17. The quantitative estimate of drug-likeness (QED) is 0.202. The number of fused-ring (bicyclic) bond motifs is 1. The van der Waals surface area contributed by atoms with Crippen LogP contribution in [0.15, 0.2) is 182 Å². The van der Waals surface area contributed by atoms with E-state index in [0.717, 1.165) is 41.0 Å². The van der Waals surface area contributed by atoms with Crippen molar-refractivity contribution in [3.63, 3.8) is 0 Å². The van der Waals surface area contributed by atoms with Crippen molar-refractivity contribution in [2.45, 2.75) is 12.8 Å². The second-order valence-electron chi connectivity index (χ2n) is 11.1. The zero-order valence-corrected chi connectivity index (χ0v) is 24.7. The summed E-state index contributed by atoms with van der Waals surface area (Å²) < 4.78 is 0. The lowest BCUT2D eigenvalue weighted by molar-refractivity contribution is 0.918. The van der Waals surface area contributed by atoms with Gasteiger partial charge in [0.05, 0.1) is 5.69 Å². The zero-order chi connectivity index (χ0) is 29.7. The van der Waals surface area contributed by atoms with E-state index in [0.29, 0.717) is 0 Å². The Hall–Kier alpha value is -5.60. The molecule has 1 aliphatic carbocycles. The molecule has 0 saturated heterocycles. The van der Waals surface area contributed by atoms with Crippen molar-refractivity contribution >= 4 is 28.3 Å². The molecule has 2 heteroatoms. The molecule has 0 aromatic heterocycles. The lowest BCUT2D eigenvalue weighted by atomic mass is 10.0. The van der Waals surface area contributed by atoms with Crippen LogP contribution in [0.4, 0.5) is 22.7 Å². The number of hydrogen-bond donors (Lipinski definition) is 0. The summed E-state index contributed by atoms with van der Waals surface area (Å²) in [5, 5.41) is 0. The van der Waals surface area contributed by atoms with E-state index >= 15 is 0 Å². The Morgan fingerprint density at radius 2 is 1.16 bits per heavy atom. The molecule has 0 radical (unpaired) electrons. The minimum atomic E-state index is 1.01. The number of hydrogen-bond acceptors (Lipinski definition) is 2. The normalized spacial score (nSPS) is 15.5. The summed E-state index contributed by atoms with van der Waals surface area (Å²) in [7, 11) is 0. The highest BCUT2D eigenvalue weighted by Crippen LogP contribution is 2.37. The average Bonchev–Trinajstić information content (AvgIpc) is 3.09. The van der Waals surface area contributed by atoms with E-state index in [-0.39, 0.29) is 0 Å². The molecule has 0 N–H and O–H groups in total. The SMILES string of the molecule is C=C1/C=C\C=C/N(c2ccc(-c3ccc(N(C4=CC=CCC4)c4ccc(-c5ccccc5)cc4)cc3)cc2)c2ccccc21. The van der Waals surface area contributed by atoms with Crippen molar-refractivity contribution in [1.82, 2.24) is 0 Å². The van der Waals surface area contributed by atoms with Crippen LogP contribution < -0.4 is 9.80 Å². The molecule has 0 saturated carbocycles. The van der Waals surface area contributed by atoms with Crippen LogP contribution in [0.2, 0.25) is 0 Å². The summed E-state index contributed by atoms with van der Waals surface area (Å²) in [6.45, 7) is 4.27. The van der Waals surface area contributed by atoms with Gasteiger partial charge in [-0.1, -0.05) is 116 Å². The molecule has 2 aliphatic rings. The lowest BCUT2D eigenvalue weighted by Crippen LogP contribution is -2.17. The molecule has 0 atom stereocenters. The molecular weight excluding hydrogens is 532 g/mol. The molecule has 2 nitrogen and oxygen atoms in total. The van der Waals surface area contributed by atoms with E-state index in [4.69, 9.17) is 0 Å². The molecule has 212 valence electrons. The molecule has 0 spiro atoms. The Morgan fingerprint density at radius 1 is 0.568 bits per heavy atom. The fraction of sp³-hybridized carbons (Fsp3) is 0.0476. The van der Waals surface area contributed by atoms with Gasteiger partial charge in [-0.2, -0.15) is 0 Å². The highest BCUT2D eigenvalue weighted by Gasteiger charge is 2.17. The number of benzene rings is 5. The molecule has 1 heterocycles. The van der Waals surface area contributed by atoms with Crippen molar-refractivity contribution in [3.05, 3.63) is 188 Å². The first-order valence-corrected chi connectivity index (χ1v) is 15.2. The maximum Gasteiger partial charge on any atom is 0.0533 e. The molecule has 0 fully saturated rings. The van der Waals surface area contributed by atoms with Gasteiger partial charge in [-0.05, 0) is 95.3 Å². The minimum absolute atomic E-state index is 1.01. The molecule has 1 aliphatic heterocycles. The van der Waals surface area contributed by atoms with E-state index in [1.165, 1.54) is 33.6 Å². The van der Waals surface area contributed by atoms with Gasteiger partial charge in [0, 0.05) is 34.5 Å². The Kier molecular flexibility index (Phi) is 7.63. The van der Waals surface area contributed by atoms with Crippen LogP contribution in [0.25, 0.3) is 27.8 Å². The van der Waals surface area contributed by atoms with E-state index in [1.54, 1.807) is 0 Å². The average molecular weight is 567 g/mol. The van der Waals surface area contributed by atoms with Gasteiger partial charge in [0.25, 0.3) is 0 Å². The van der Waals surface area contributed by atoms with Crippen LogP contribution in [0.1, 0.15) is 18.4 Å². The summed E-state index contributed by atoms with van der Waals surface area (Å²) in [5.74, 6) is 0. The van der Waals surface area contributed by atoms with Crippen LogP contribution in [-0.4, -0.2) is 0 Å². The van der Waals surface area contributed by atoms with Crippen LogP contribution in [0.3, 0.4) is 0 Å². The lowest BCUT2D eigenvalue weighted by Gasteiger charge is -2.29. The second kappa shape index (κ2) is 12.3. The van der Waals surface area contributed by atoms with Gasteiger partial charge in [-0.15, -0.1) is 0 Å². The maximum absolute atomic E-state index is 4.27. The third-order valence-corrected chi connectivity index (χ3v) is 8.27. The number of para-hydroxylation sites is 1. The summed E-state index contributed by atoms with van der Waals surface area (Å²) >= 11 is 0. The van der Waals surface area contributed by atoms with Crippen molar-refractivity contribution in [1.29, 1.82) is 0 Å². The number of rotatable bonds is 6. The van der Waals surface area contributed by atoms with Crippen LogP contribution in [-0.2, 0) is 0 Å². The molecule has 7 rings (SSSR count). The smallest absolute Gasteiger partial charge is 0.0533 e. The van der Waals surface area contributed by atoms with Crippen LogP contribution in [0.5, 0.6) is 0 Å². The molecule has 5 aromatic rings. The predicted octanol–water partition coefficient (Wildman–Crippen LogP) is 11.6. The minimum Gasteiger partial charge on any atom is -0.317 e. The van der Waals surface area contributed by atoms with Gasteiger partial charge < -0.3 is 9.80 Å². The van der Waals surface area contributed by atoms with Gasteiger partial charge in [-0.3, -0.25) is 0 Å². The largest absolute Gasteiger partial charge is 0.317 e. The van der Waals surface area contributed by atoms with E-state index in [1.807, 2.05) is 6.08 Å². The monoisotopic (exact) mass is 566 g/mol. The molecule has 0 unspecified atom stereocenters. The van der Waals surface area contributed by atoms with Crippen molar-refractivity contribution in [3.8, 4) is 22.3 Å². The Labute approximate surface area is 260 Å². The molecule has 5 aromatic carbocycles. The fourth-order valence-electron chi connectivity index (χ4n) is 5.97. The molecule has 0 amide bonds. The third-order valence-electron chi connectivity index (χ3n) is 8.27. The maximum atomic E-state index is 4.27. The fourth-order valence-corrected chi connectivity index (χ4v) is 5.97. The Morgan fingerprint density at radius 3 is 1.80 bits per heavy atom. The number of allylic oxidation sites excluding steroid dienone is 8. The van der Waals surface area contributed by atoms with Gasteiger partial charge in [0.2, 0.25) is 0 Å². The Bertz CT molecular complexity index is 1890. The van der Waals surface area contributed by atoms with Crippen LogP contribution >= 0.6 is 0 Å². The van der Waals surface area contributed by atoms with E-state index in [9.17, 15) is 0 Å². The first-order valence-electron chi connectivity index (χ1n) is 15.2. The standard InChI is InChI=1S/C42H34N2/c1-32-12-10-11-31-43(42-18-9-8-17-41(32)42)37-25-19-35(20-26-37)36-23-29-40(30-24-36)44(38-15-6-3-7-16-38)39-27-21-34(22-28-39)33-13-4-2-5-14-33/h2-6,8-15,17-31H,1,7,16H2/b12-10-,31-11-. The van der Waals surface area contributed by atoms with Crippen molar-refractivity contribution in [2.24, 2.45) is 0 Å². The first kappa shape index (κ1) is 27.2. The summed E-state index contributed by atoms with van der Waals surface area (Å²) in [4.78, 5) is 4.61. The second-order valence-corrected chi connectivity index (χ2v) is 11.1. The number of anilines is 4. The van der Waals surface area contributed by atoms with E-state index in [2.05, 4.69) is 180 Å². The van der Waals surface area contributed by atoms with Crippen LogP contribution in [0, 0.1) is 0 Å². The van der Waals surface area contributed by atoms with Gasteiger partial charge >= 0.3 is 0 Å². The third kappa shape index (κ3) is 5.58. The van der Waals surface area contributed by atoms with Crippen molar-refractivity contribution in [2.75, 3.05) is 9.80 Å². The zero-order valence-electron chi connectivity index (χ0n) is 24.7. The summed E-state index contributed by atoms with van der Waals surface area (Å²) in [6.07, 6.45) is 17.0. The predicted molar refractivity (Wildman–Crippen MR) is 188 cm³/mol. The van der Waals surface area contributed by atoms with E-state index < -0.39 is 0 Å². The number of nitrogens with zero attached hydrogens (tertiary/aromatic N) is 2. The van der Waals surface area contributed by atoms with Gasteiger partial charge in [-0.25, -0.2) is 0 Å². The van der Waals surface area contributed by atoms with Gasteiger partial charge in [0.15, 0.2) is 0 Å². The van der Waals surface area contributed by atoms with Gasteiger partial charge in [0.1, 0.15) is 0 Å². The molecule has 0 bridgehead atoms. The summed E-state index contributed by atoms with van der Waals surface area (Å²) in [6, 6.07) is 45.6. The molecular formula is C42H34N2. The topological polar surface area (TPSA) is 6.48 Å². The first-order chi connectivity index (χ1) is 21.7. The highest BCUT2D eigenvalue weighted by molar-refractivity contribution is 5.86. The highest BCUT2D eigenvalue weighted by atomic mass is 15.1. The van der Waals surface area contributed by atoms with Crippen molar-refractivity contribution < 1.29 is 0 Å². The summed E-state index contributed by atoms with van der Waals surface area (Å²) in [5.41, 5.74) is 12.8. The molecule has 44 heavy (non-hydrogen) atoms.